The lowest BCUT2D eigenvalue weighted by molar-refractivity contribution is 0.390. The van der Waals surface area contributed by atoms with Gasteiger partial charge in [0.2, 0.25) is 11.7 Å². The molecular formula is C13H11N3O2S. The number of rotatable bonds is 4. The van der Waals surface area contributed by atoms with Crippen LogP contribution < -0.4 is 5.73 Å². The number of benzene rings is 1. The molecule has 0 radical (unpaired) electrons. The number of aromatic nitrogens is 2. The van der Waals surface area contributed by atoms with E-state index in [2.05, 4.69) is 10.1 Å². The fraction of sp³-hybridized carbons (Fsp3) is 0.0769. The SMILES string of the molecule is Nc1ccccc1SCc1nc(-c2ccco2)no1. The van der Waals surface area contributed by atoms with Gasteiger partial charge in [-0.05, 0) is 24.3 Å². The lowest BCUT2D eigenvalue weighted by Crippen LogP contribution is -1.88. The average molecular weight is 273 g/mol. The highest BCUT2D eigenvalue weighted by Gasteiger charge is 2.11. The van der Waals surface area contributed by atoms with Gasteiger partial charge >= 0.3 is 0 Å². The van der Waals surface area contributed by atoms with E-state index in [4.69, 9.17) is 14.7 Å². The van der Waals surface area contributed by atoms with Crippen LogP contribution in [0.3, 0.4) is 0 Å². The van der Waals surface area contributed by atoms with Gasteiger partial charge < -0.3 is 14.7 Å². The number of thioether (sulfide) groups is 1. The van der Waals surface area contributed by atoms with Crippen LogP contribution in [0, 0.1) is 0 Å². The average Bonchev–Trinajstić information content (AvgIpc) is 3.09. The van der Waals surface area contributed by atoms with Crippen molar-refractivity contribution in [3.8, 4) is 11.6 Å². The number of furan rings is 1. The summed E-state index contributed by atoms with van der Waals surface area (Å²) in [5.74, 6) is 2.17. The number of nitrogens with two attached hydrogens (primary N) is 1. The van der Waals surface area contributed by atoms with Crippen molar-refractivity contribution >= 4 is 17.4 Å². The van der Waals surface area contributed by atoms with Gasteiger partial charge in [-0.3, -0.25) is 0 Å². The van der Waals surface area contributed by atoms with E-state index in [1.807, 2.05) is 24.3 Å². The predicted molar refractivity (Wildman–Crippen MR) is 72.4 cm³/mol. The minimum Gasteiger partial charge on any atom is -0.461 e. The van der Waals surface area contributed by atoms with Crippen molar-refractivity contribution in [3.63, 3.8) is 0 Å². The van der Waals surface area contributed by atoms with Crippen molar-refractivity contribution in [3.05, 3.63) is 48.6 Å². The Kier molecular flexibility index (Phi) is 3.24. The number of hydrogen-bond donors (Lipinski definition) is 1. The molecule has 0 unspecified atom stereocenters. The zero-order valence-corrected chi connectivity index (χ0v) is 10.8. The molecular weight excluding hydrogens is 262 g/mol. The first-order chi connectivity index (χ1) is 9.33. The fourth-order valence-electron chi connectivity index (χ4n) is 1.57. The van der Waals surface area contributed by atoms with Crippen molar-refractivity contribution in [2.24, 2.45) is 0 Å². The molecule has 3 rings (SSSR count). The fourth-order valence-corrected chi connectivity index (χ4v) is 2.38. The van der Waals surface area contributed by atoms with Crippen LogP contribution in [-0.4, -0.2) is 10.1 Å². The monoisotopic (exact) mass is 273 g/mol. The summed E-state index contributed by atoms with van der Waals surface area (Å²) in [5, 5.41) is 3.87. The zero-order valence-electron chi connectivity index (χ0n) is 9.95. The first kappa shape index (κ1) is 11.9. The number of anilines is 1. The van der Waals surface area contributed by atoms with Crippen molar-refractivity contribution < 1.29 is 8.94 Å². The van der Waals surface area contributed by atoms with Crippen LogP contribution in [0.4, 0.5) is 5.69 Å². The van der Waals surface area contributed by atoms with E-state index in [-0.39, 0.29) is 0 Å². The Hall–Kier alpha value is -2.21. The molecule has 0 atom stereocenters. The quantitative estimate of drug-likeness (QED) is 0.581. The van der Waals surface area contributed by atoms with Gasteiger partial charge in [-0.2, -0.15) is 4.98 Å². The maximum Gasteiger partial charge on any atom is 0.238 e. The minimum atomic E-state index is 0.460. The second-order valence-corrected chi connectivity index (χ2v) is 4.83. The summed E-state index contributed by atoms with van der Waals surface area (Å²) in [6.45, 7) is 0. The summed E-state index contributed by atoms with van der Waals surface area (Å²) in [6.07, 6.45) is 1.57. The Labute approximate surface area is 113 Å². The third-order valence-corrected chi connectivity index (χ3v) is 3.55. The summed E-state index contributed by atoms with van der Waals surface area (Å²) in [4.78, 5) is 5.26. The molecule has 6 heteroatoms. The number of hydrogen-bond acceptors (Lipinski definition) is 6. The first-order valence-electron chi connectivity index (χ1n) is 5.67. The van der Waals surface area contributed by atoms with Crippen molar-refractivity contribution in [2.75, 3.05) is 5.73 Å². The van der Waals surface area contributed by atoms with E-state index in [1.165, 1.54) is 0 Å². The van der Waals surface area contributed by atoms with Crippen LogP contribution in [0.5, 0.6) is 0 Å². The minimum absolute atomic E-state index is 0.460. The highest BCUT2D eigenvalue weighted by Crippen LogP contribution is 2.27. The topological polar surface area (TPSA) is 78.1 Å². The molecule has 19 heavy (non-hydrogen) atoms. The highest BCUT2D eigenvalue weighted by molar-refractivity contribution is 7.98. The Morgan fingerprint density at radius 1 is 1.16 bits per heavy atom. The number of nitrogen functional groups attached to an aromatic ring is 1. The van der Waals surface area contributed by atoms with E-state index >= 15 is 0 Å². The predicted octanol–water partition coefficient (Wildman–Crippen LogP) is 3.20. The van der Waals surface area contributed by atoms with E-state index in [0.717, 1.165) is 10.6 Å². The number of para-hydroxylation sites is 1. The maximum atomic E-state index is 5.86. The third-order valence-electron chi connectivity index (χ3n) is 2.48. The van der Waals surface area contributed by atoms with Gasteiger partial charge in [0.1, 0.15) is 0 Å². The normalized spacial score (nSPS) is 10.7. The Morgan fingerprint density at radius 3 is 2.84 bits per heavy atom. The molecule has 0 amide bonds. The van der Waals surface area contributed by atoms with Crippen molar-refractivity contribution in [2.45, 2.75) is 10.6 Å². The zero-order chi connectivity index (χ0) is 13.1. The molecule has 0 aliphatic carbocycles. The van der Waals surface area contributed by atoms with E-state index in [9.17, 15) is 0 Å². The molecule has 0 saturated heterocycles. The smallest absolute Gasteiger partial charge is 0.238 e. The van der Waals surface area contributed by atoms with Gasteiger partial charge in [0.15, 0.2) is 5.76 Å². The van der Waals surface area contributed by atoms with Gasteiger partial charge in [-0.25, -0.2) is 0 Å². The second kappa shape index (κ2) is 5.19. The van der Waals surface area contributed by atoms with Crippen LogP contribution in [0.15, 0.2) is 56.5 Å². The maximum absolute atomic E-state index is 5.86. The largest absolute Gasteiger partial charge is 0.461 e. The molecule has 96 valence electrons. The molecule has 3 aromatic rings. The van der Waals surface area contributed by atoms with Crippen molar-refractivity contribution in [1.29, 1.82) is 0 Å². The van der Waals surface area contributed by atoms with Gasteiger partial charge in [-0.15, -0.1) is 11.8 Å². The molecule has 0 aliphatic heterocycles. The van der Waals surface area contributed by atoms with Gasteiger partial charge in [0, 0.05) is 10.6 Å². The molecule has 0 spiro atoms. The summed E-state index contributed by atoms with van der Waals surface area (Å²) in [5.41, 5.74) is 6.61. The standard InChI is InChI=1S/C13H11N3O2S/c14-9-4-1-2-6-11(9)19-8-12-15-13(16-18-12)10-5-3-7-17-10/h1-7H,8,14H2. The van der Waals surface area contributed by atoms with Crippen LogP contribution in [0.25, 0.3) is 11.6 Å². The number of nitrogens with zero attached hydrogens (tertiary/aromatic N) is 2. The summed E-state index contributed by atoms with van der Waals surface area (Å²) in [6, 6.07) is 11.2. The Bertz CT molecular complexity index is 664. The lowest BCUT2D eigenvalue weighted by atomic mass is 10.3. The molecule has 0 bridgehead atoms. The third kappa shape index (κ3) is 2.63. The van der Waals surface area contributed by atoms with Crippen LogP contribution >= 0.6 is 11.8 Å². The molecule has 2 aromatic heterocycles. The first-order valence-corrected chi connectivity index (χ1v) is 6.65. The van der Waals surface area contributed by atoms with Crippen LogP contribution in [0.1, 0.15) is 5.89 Å². The summed E-state index contributed by atoms with van der Waals surface area (Å²) < 4.78 is 10.4. The second-order valence-electron chi connectivity index (χ2n) is 3.82. The molecule has 5 nitrogen and oxygen atoms in total. The molecule has 0 saturated carbocycles. The van der Waals surface area contributed by atoms with Gasteiger partial charge in [-0.1, -0.05) is 17.3 Å². The molecule has 0 fully saturated rings. The summed E-state index contributed by atoms with van der Waals surface area (Å²) >= 11 is 1.56. The van der Waals surface area contributed by atoms with E-state index in [1.54, 1.807) is 30.2 Å². The van der Waals surface area contributed by atoms with Gasteiger partial charge in [0.05, 0.1) is 12.0 Å². The van der Waals surface area contributed by atoms with Crippen LogP contribution in [-0.2, 0) is 5.75 Å². The summed E-state index contributed by atoms with van der Waals surface area (Å²) in [7, 11) is 0. The molecule has 2 heterocycles. The molecule has 1 aromatic carbocycles. The lowest BCUT2D eigenvalue weighted by Gasteiger charge is -2.01. The molecule has 0 aliphatic rings. The Morgan fingerprint density at radius 2 is 2.05 bits per heavy atom. The van der Waals surface area contributed by atoms with E-state index in [0.29, 0.717) is 23.2 Å². The Balaban J connectivity index is 1.70. The van der Waals surface area contributed by atoms with Crippen LogP contribution in [0.2, 0.25) is 0 Å². The molecule has 2 N–H and O–H groups in total. The van der Waals surface area contributed by atoms with Gasteiger partial charge in [0.25, 0.3) is 0 Å². The van der Waals surface area contributed by atoms with E-state index < -0.39 is 0 Å². The highest BCUT2D eigenvalue weighted by atomic mass is 32.2. The van der Waals surface area contributed by atoms with Crippen molar-refractivity contribution in [1.82, 2.24) is 10.1 Å².